The standard InChI is InChI=1S/C19H27NO11/c1-7-8-20-19(26)18(31-14(6)25)17(30-13(5)24)16(29-12(4)23)15(28-11(3)22)9-27-10(2)21/h7,15-18H,1,8-9H2,2-6H3,(H,20,26)/t15-,16-,17+,18-/m1/s1. The van der Waals surface area contributed by atoms with Crippen LogP contribution in [-0.2, 0) is 52.5 Å². The van der Waals surface area contributed by atoms with E-state index in [0.717, 1.165) is 34.6 Å². The summed E-state index contributed by atoms with van der Waals surface area (Å²) in [5.41, 5.74) is 0. The molecule has 0 aliphatic carbocycles. The summed E-state index contributed by atoms with van der Waals surface area (Å²) in [5.74, 6) is -5.26. The average Bonchev–Trinajstić information content (AvgIpc) is 2.63. The summed E-state index contributed by atoms with van der Waals surface area (Å²) in [6.07, 6.45) is -5.39. The second-order valence-corrected chi connectivity index (χ2v) is 6.16. The molecule has 0 fully saturated rings. The van der Waals surface area contributed by atoms with Crippen molar-refractivity contribution in [3.63, 3.8) is 0 Å². The van der Waals surface area contributed by atoms with E-state index in [1.165, 1.54) is 6.08 Å². The third kappa shape index (κ3) is 11.4. The van der Waals surface area contributed by atoms with E-state index >= 15 is 0 Å². The Hall–Kier alpha value is -3.44. The van der Waals surface area contributed by atoms with Gasteiger partial charge in [-0.15, -0.1) is 6.58 Å². The molecule has 1 amide bonds. The van der Waals surface area contributed by atoms with Crippen molar-refractivity contribution in [2.45, 2.75) is 59.0 Å². The fourth-order valence-corrected chi connectivity index (χ4v) is 2.37. The maximum Gasteiger partial charge on any atom is 0.303 e. The molecule has 0 unspecified atom stereocenters. The fourth-order valence-electron chi connectivity index (χ4n) is 2.37. The lowest BCUT2D eigenvalue weighted by atomic mass is 10.0. The SMILES string of the molecule is C=CCNC(=O)[C@H](OC(C)=O)[C@@H](OC(C)=O)[C@H](OC(C)=O)[C@@H](COC(C)=O)OC(C)=O. The summed E-state index contributed by atoms with van der Waals surface area (Å²) in [5, 5.41) is 2.37. The number of esters is 5. The molecule has 12 nitrogen and oxygen atoms in total. The van der Waals surface area contributed by atoms with Crippen LogP contribution in [0.5, 0.6) is 0 Å². The van der Waals surface area contributed by atoms with Crippen LogP contribution in [0, 0.1) is 0 Å². The molecule has 0 heterocycles. The Morgan fingerprint density at radius 3 is 1.65 bits per heavy atom. The minimum Gasteiger partial charge on any atom is -0.462 e. The number of carbonyl (C=O) groups is 6. The zero-order valence-corrected chi connectivity index (χ0v) is 18.0. The van der Waals surface area contributed by atoms with E-state index in [0.29, 0.717) is 0 Å². The molecule has 12 heteroatoms. The highest BCUT2D eigenvalue weighted by Crippen LogP contribution is 2.20. The molecular weight excluding hydrogens is 418 g/mol. The predicted molar refractivity (Wildman–Crippen MR) is 102 cm³/mol. The lowest BCUT2D eigenvalue weighted by Gasteiger charge is -2.34. The Morgan fingerprint density at radius 2 is 1.23 bits per heavy atom. The number of rotatable bonds is 12. The first-order valence-electron chi connectivity index (χ1n) is 9.09. The minimum atomic E-state index is -1.80. The van der Waals surface area contributed by atoms with Gasteiger partial charge in [-0.3, -0.25) is 28.8 Å². The molecule has 0 saturated heterocycles. The van der Waals surface area contributed by atoms with E-state index in [-0.39, 0.29) is 6.54 Å². The van der Waals surface area contributed by atoms with Gasteiger partial charge in [0.1, 0.15) is 6.61 Å². The lowest BCUT2D eigenvalue weighted by molar-refractivity contribution is -0.203. The molecule has 0 rings (SSSR count). The third-order valence-corrected chi connectivity index (χ3v) is 3.33. The van der Waals surface area contributed by atoms with Crippen molar-refractivity contribution in [2.24, 2.45) is 0 Å². The summed E-state index contributed by atoms with van der Waals surface area (Å²) in [4.78, 5) is 70.5. The molecule has 0 bridgehead atoms. The van der Waals surface area contributed by atoms with Crippen LogP contribution in [0.25, 0.3) is 0 Å². The number of ether oxygens (including phenoxy) is 5. The van der Waals surface area contributed by atoms with Crippen molar-refractivity contribution >= 4 is 35.8 Å². The number of amides is 1. The molecule has 0 aromatic rings. The Bertz CT molecular complexity index is 703. The molecular formula is C19H27NO11. The zero-order chi connectivity index (χ0) is 24.1. The molecule has 0 spiro atoms. The van der Waals surface area contributed by atoms with Gasteiger partial charge in [0.15, 0.2) is 18.3 Å². The number of carbonyl (C=O) groups excluding carboxylic acids is 6. The summed E-state index contributed by atoms with van der Waals surface area (Å²) < 4.78 is 25.2. The zero-order valence-electron chi connectivity index (χ0n) is 18.0. The normalized spacial score (nSPS) is 14.0. The Morgan fingerprint density at radius 1 is 0.742 bits per heavy atom. The van der Waals surface area contributed by atoms with Gasteiger partial charge in [0.2, 0.25) is 6.10 Å². The first-order chi connectivity index (χ1) is 14.4. The monoisotopic (exact) mass is 445 g/mol. The first kappa shape index (κ1) is 27.6. The van der Waals surface area contributed by atoms with Gasteiger partial charge in [-0.2, -0.15) is 0 Å². The molecule has 0 aromatic heterocycles. The Labute approximate surface area is 179 Å². The van der Waals surface area contributed by atoms with Gasteiger partial charge >= 0.3 is 29.8 Å². The maximum atomic E-state index is 12.6. The molecule has 4 atom stereocenters. The van der Waals surface area contributed by atoms with Crippen molar-refractivity contribution in [1.82, 2.24) is 5.32 Å². The van der Waals surface area contributed by atoms with Gasteiger partial charge in [0.05, 0.1) is 0 Å². The smallest absolute Gasteiger partial charge is 0.303 e. The van der Waals surface area contributed by atoms with Crippen molar-refractivity contribution in [1.29, 1.82) is 0 Å². The van der Waals surface area contributed by atoms with Crippen LogP contribution in [0.2, 0.25) is 0 Å². The highest BCUT2D eigenvalue weighted by atomic mass is 16.6. The molecule has 0 radical (unpaired) electrons. The summed E-state index contributed by atoms with van der Waals surface area (Å²) >= 11 is 0. The minimum absolute atomic E-state index is 0.0254. The Balaban J connectivity index is 6.37. The van der Waals surface area contributed by atoms with E-state index < -0.39 is 66.8 Å². The van der Waals surface area contributed by atoms with Gasteiger partial charge in [0, 0.05) is 41.2 Å². The van der Waals surface area contributed by atoms with Crippen LogP contribution in [0.3, 0.4) is 0 Å². The van der Waals surface area contributed by atoms with E-state index in [9.17, 15) is 28.8 Å². The lowest BCUT2D eigenvalue weighted by Crippen LogP contribution is -2.57. The van der Waals surface area contributed by atoms with Crippen molar-refractivity contribution in [3.05, 3.63) is 12.7 Å². The second-order valence-electron chi connectivity index (χ2n) is 6.16. The van der Waals surface area contributed by atoms with E-state index in [1.807, 2.05) is 0 Å². The molecule has 174 valence electrons. The van der Waals surface area contributed by atoms with Gasteiger partial charge < -0.3 is 29.0 Å². The Kier molecular flexibility index (Phi) is 12.2. The molecule has 0 aliphatic heterocycles. The number of nitrogens with one attached hydrogen (secondary N) is 1. The summed E-state index contributed by atoms with van der Waals surface area (Å²) in [6.45, 7) is 7.93. The largest absolute Gasteiger partial charge is 0.462 e. The van der Waals surface area contributed by atoms with E-state index in [2.05, 4.69) is 11.9 Å². The molecule has 0 aromatic carbocycles. The van der Waals surface area contributed by atoms with E-state index in [4.69, 9.17) is 23.7 Å². The van der Waals surface area contributed by atoms with E-state index in [1.54, 1.807) is 0 Å². The number of hydrogen-bond donors (Lipinski definition) is 1. The fraction of sp³-hybridized carbons (Fsp3) is 0.579. The van der Waals surface area contributed by atoms with Gasteiger partial charge in [-0.1, -0.05) is 6.08 Å². The van der Waals surface area contributed by atoms with Crippen LogP contribution >= 0.6 is 0 Å². The van der Waals surface area contributed by atoms with Crippen molar-refractivity contribution in [3.8, 4) is 0 Å². The molecule has 31 heavy (non-hydrogen) atoms. The van der Waals surface area contributed by atoms with Crippen LogP contribution in [0.15, 0.2) is 12.7 Å². The molecule has 0 saturated carbocycles. The summed E-state index contributed by atoms with van der Waals surface area (Å²) in [6, 6.07) is 0. The van der Waals surface area contributed by atoms with Gasteiger partial charge in [-0.05, 0) is 0 Å². The topological polar surface area (TPSA) is 161 Å². The highest BCUT2D eigenvalue weighted by molar-refractivity contribution is 5.84. The van der Waals surface area contributed by atoms with Crippen molar-refractivity contribution < 1.29 is 52.5 Å². The molecule has 0 aliphatic rings. The predicted octanol–water partition coefficient (Wildman–Crippen LogP) is -0.421. The summed E-state index contributed by atoms with van der Waals surface area (Å²) in [7, 11) is 0. The average molecular weight is 445 g/mol. The van der Waals surface area contributed by atoms with Crippen molar-refractivity contribution in [2.75, 3.05) is 13.2 Å². The van der Waals surface area contributed by atoms with Gasteiger partial charge in [-0.25, -0.2) is 0 Å². The number of hydrogen-bond acceptors (Lipinski definition) is 11. The van der Waals surface area contributed by atoms with Crippen LogP contribution < -0.4 is 5.32 Å². The maximum absolute atomic E-state index is 12.6. The van der Waals surface area contributed by atoms with Crippen LogP contribution in [0.1, 0.15) is 34.6 Å². The molecule has 1 N–H and O–H groups in total. The third-order valence-electron chi connectivity index (χ3n) is 3.33. The highest BCUT2D eigenvalue weighted by Gasteiger charge is 2.46. The van der Waals surface area contributed by atoms with Crippen LogP contribution in [0.4, 0.5) is 0 Å². The van der Waals surface area contributed by atoms with Crippen LogP contribution in [-0.4, -0.2) is 73.3 Å². The van der Waals surface area contributed by atoms with Gasteiger partial charge in [0.25, 0.3) is 5.91 Å². The quantitative estimate of drug-likeness (QED) is 0.236. The first-order valence-corrected chi connectivity index (χ1v) is 9.09. The second kappa shape index (κ2) is 13.7.